The lowest BCUT2D eigenvalue weighted by molar-refractivity contribution is -0.0857. The van der Waals surface area contributed by atoms with E-state index in [1.807, 2.05) is 0 Å². The molecule has 0 radical (unpaired) electrons. The van der Waals surface area contributed by atoms with Crippen molar-refractivity contribution in [2.24, 2.45) is 10.7 Å². The van der Waals surface area contributed by atoms with Gasteiger partial charge in [0.05, 0.1) is 5.57 Å². The second-order valence-electron chi connectivity index (χ2n) is 2.31. The zero-order valence-corrected chi connectivity index (χ0v) is 7.84. The molecule has 4 nitrogen and oxygen atoms in total. The number of nitriles is 1. The van der Waals surface area contributed by atoms with Crippen molar-refractivity contribution >= 4 is 6.21 Å². The van der Waals surface area contributed by atoms with Crippen molar-refractivity contribution in [3.63, 3.8) is 0 Å². The molecule has 0 aromatic heterocycles. The minimum Gasteiger partial charge on any atom is -0.404 e. The average Bonchev–Trinajstić information content (AvgIpc) is 2.15. The van der Waals surface area contributed by atoms with E-state index in [1.54, 1.807) is 6.07 Å². The molecule has 82 valence electrons. The van der Waals surface area contributed by atoms with Crippen LogP contribution in [0.15, 0.2) is 28.7 Å². The van der Waals surface area contributed by atoms with Crippen molar-refractivity contribution in [1.29, 1.82) is 5.26 Å². The highest BCUT2D eigenvalue weighted by Crippen LogP contribution is 2.23. The number of nitrogens with zero attached hydrogens (tertiary/aromatic N) is 2. The normalized spacial score (nSPS) is 14.1. The van der Waals surface area contributed by atoms with E-state index in [4.69, 9.17) is 11.0 Å². The van der Waals surface area contributed by atoms with Gasteiger partial charge in [-0.25, -0.2) is 4.99 Å². The first kappa shape index (κ1) is 13.0. The van der Waals surface area contributed by atoms with Gasteiger partial charge in [0, 0.05) is 25.7 Å². The lowest BCUT2D eigenvalue weighted by Crippen LogP contribution is -2.14. The van der Waals surface area contributed by atoms with Gasteiger partial charge < -0.3 is 11.1 Å². The number of nitrogens with two attached hydrogens (primary N) is 1. The Morgan fingerprint density at radius 1 is 1.53 bits per heavy atom. The first-order valence-corrected chi connectivity index (χ1v) is 3.76. The largest absolute Gasteiger partial charge is 0.419 e. The van der Waals surface area contributed by atoms with Crippen LogP contribution in [0.2, 0.25) is 0 Å². The van der Waals surface area contributed by atoms with Gasteiger partial charge in [0.25, 0.3) is 0 Å². The number of alkyl halides is 3. The number of nitrogens with one attached hydrogen (secondary N) is 1. The standard InChI is InChI=1S/C8H9F3N4/c1-14-5-7(3-13)15-4-6(2-12)8(9,10)11/h2,4-5,14H,12H2,1H3/b6-2?,7-5+,15-4?. The summed E-state index contributed by atoms with van der Waals surface area (Å²) >= 11 is 0. The molecule has 0 spiro atoms. The Balaban J connectivity index is 4.80. The molecule has 7 heteroatoms. The topological polar surface area (TPSA) is 74.2 Å². The van der Waals surface area contributed by atoms with E-state index in [9.17, 15) is 13.2 Å². The molecular weight excluding hydrogens is 209 g/mol. The summed E-state index contributed by atoms with van der Waals surface area (Å²) in [4.78, 5) is 3.31. The van der Waals surface area contributed by atoms with E-state index in [1.165, 1.54) is 13.2 Å². The summed E-state index contributed by atoms with van der Waals surface area (Å²) < 4.78 is 36.3. The first-order valence-electron chi connectivity index (χ1n) is 3.76. The van der Waals surface area contributed by atoms with Gasteiger partial charge in [0.15, 0.2) is 5.70 Å². The van der Waals surface area contributed by atoms with Crippen LogP contribution >= 0.6 is 0 Å². The molecule has 15 heavy (non-hydrogen) atoms. The third-order valence-electron chi connectivity index (χ3n) is 1.25. The van der Waals surface area contributed by atoms with Crippen LogP contribution < -0.4 is 11.1 Å². The monoisotopic (exact) mass is 218 g/mol. The Morgan fingerprint density at radius 2 is 2.13 bits per heavy atom. The Hall–Kier alpha value is -1.97. The average molecular weight is 218 g/mol. The molecule has 0 saturated carbocycles. The lowest BCUT2D eigenvalue weighted by Gasteiger charge is -2.04. The molecule has 0 aromatic carbocycles. The fourth-order valence-corrected chi connectivity index (χ4v) is 0.585. The van der Waals surface area contributed by atoms with Crippen LogP contribution in [-0.2, 0) is 0 Å². The van der Waals surface area contributed by atoms with E-state index in [-0.39, 0.29) is 5.70 Å². The minimum absolute atomic E-state index is 0.180. The quantitative estimate of drug-likeness (QED) is 0.549. The van der Waals surface area contributed by atoms with Crippen molar-refractivity contribution in [3.05, 3.63) is 23.7 Å². The second kappa shape index (κ2) is 5.70. The highest BCUT2D eigenvalue weighted by atomic mass is 19.4. The Labute approximate surface area is 84.6 Å². The van der Waals surface area contributed by atoms with Crippen LogP contribution in [0, 0.1) is 11.3 Å². The van der Waals surface area contributed by atoms with Crippen LogP contribution in [0.5, 0.6) is 0 Å². The van der Waals surface area contributed by atoms with Crippen LogP contribution in [0.4, 0.5) is 13.2 Å². The van der Waals surface area contributed by atoms with Gasteiger partial charge in [-0.05, 0) is 0 Å². The Morgan fingerprint density at radius 3 is 2.47 bits per heavy atom. The number of hydrogen-bond donors (Lipinski definition) is 2. The van der Waals surface area contributed by atoms with Gasteiger partial charge in [-0.1, -0.05) is 0 Å². The Kier molecular flexibility index (Phi) is 4.95. The molecule has 0 saturated heterocycles. The smallest absolute Gasteiger partial charge is 0.404 e. The van der Waals surface area contributed by atoms with Gasteiger partial charge in [-0.3, -0.25) is 0 Å². The molecule has 0 aliphatic heterocycles. The van der Waals surface area contributed by atoms with Gasteiger partial charge in [-0.15, -0.1) is 0 Å². The van der Waals surface area contributed by atoms with Crippen molar-refractivity contribution in [1.82, 2.24) is 5.32 Å². The predicted octanol–water partition coefficient (Wildman–Crippen LogP) is 1.05. The second-order valence-corrected chi connectivity index (χ2v) is 2.31. The third kappa shape index (κ3) is 4.71. The number of aliphatic imine (C=N–C) groups is 1. The van der Waals surface area contributed by atoms with Crippen LogP contribution in [0.25, 0.3) is 0 Å². The molecule has 0 aromatic rings. The zero-order chi connectivity index (χ0) is 11.9. The van der Waals surface area contributed by atoms with Crippen LogP contribution in [-0.4, -0.2) is 19.4 Å². The molecule has 0 aliphatic carbocycles. The van der Waals surface area contributed by atoms with Crippen molar-refractivity contribution < 1.29 is 13.2 Å². The summed E-state index contributed by atoms with van der Waals surface area (Å²) in [6.45, 7) is 0. The lowest BCUT2D eigenvalue weighted by atomic mass is 10.3. The predicted molar refractivity (Wildman–Crippen MR) is 49.6 cm³/mol. The fourth-order valence-electron chi connectivity index (χ4n) is 0.585. The van der Waals surface area contributed by atoms with Crippen molar-refractivity contribution in [3.8, 4) is 6.07 Å². The van der Waals surface area contributed by atoms with E-state index >= 15 is 0 Å². The SMILES string of the molecule is CN/C=C(\C#N)N=CC(=CN)C(F)(F)F. The summed E-state index contributed by atoms with van der Waals surface area (Å²) in [5.74, 6) is 0. The number of hydrogen-bond acceptors (Lipinski definition) is 4. The molecule has 0 bridgehead atoms. The van der Waals surface area contributed by atoms with E-state index in [0.717, 1.165) is 0 Å². The highest BCUT2D eigenvalue weighted by Gasteiger charge is 2.32. The molecular formula is C8H9F3N4. The van der Waals surface area contributed by atoms with Gasteiger partial charge in [0.1, 0.15) is 6.07 Å². The maximum absolute atomic E-state index is 12.1. The molecule has 3 N–H and O–H groups in total. The number of rotatable bonds is 3. The molecule has 0 fully saturated rings. The number of halogens is 3. The fraction of sp³-hybridized carbons (Fsp3) is 0.250. The summed E-state index contributed by atoms with van der Waals surface area (Å²) in [7, 11) is 1.50. The third-order valence-corrected chi connectivity index (χ3v) is 1.25. The maximum Gasteiger partial charge on any atom is 0.419 e. The Bertz CT molecular complexity index is 333. The molecule has 0 aliphatic rings. The molecule has 0 atom stereocenters. The summed E-state index contributed by atoms with van der Waals surface area (Å²) in [6.07, 6.45) is -2.52. The molecule has 0 heterocycles. The van der Waals surface area contributed by atoms with E-state index < -0.39 is 11.7 Å². The van der Waals surface area contributed by atoms with E-state index in [0.29, 0.717) is 12.4 Å². The van der Waals surface area contributed by atoms with Gasteiger partial charge in [0.2, 0.25) is 0 Å². The zero-order valence-electron chi connectivity index (χ0n) is 7.84. The number of allylic oxidation sites excluding steroid dienone is 2. The summed E-state index contributed by atoms with van der Waals surface area (Å²) in [5.41, 5.74) is 3.48. The van der Waals surface area contributed by atoms with E-state index in [2.05, 4.69) is 10.3 Å². The van der Waals surface area contributed by atoms with Crippen LogP contribution in [0.3, 0.4) is 0 Å². The molecule has 0 amide bonds. The molecule has 0 unspecified atom stereocenters. The highest BCUT2D eigenvalue weighted by molar-refractivity contribution is 5.81. The minimum atomic E-state index is -4.57. The summed E-state index contributed by atoms with van der Waals surface area (Å²) in [5, 5.41) is 10.9. The van der Waals surface area contributed by atoms with Crippen LogP contribution in [0.1, 0.15) is 0 Å². The maximum atomic E-state index is 12.1. The summed E-state index contributed by atoms with van der Waals surface area (Å²) in [6, 6.07) is 1.60. The van der Waals surface area contributed by atoms with Crippen molar-refractivity contribution in [2.45, 2.75) is 6.18 Å². The van der Waals surface area contributed by atoms with Gasteiger partial charge in [-0.2, -0.15) is 18.4 Å². The van der Waals surface area contributed by atoms with Crippen molar-refractivity contribution in [2.75, 3.05) is 7.05 Å². The molecule has 0 rings (SSSR count). The van der Waals surface area contributed by atoms with Gasteiger partial charge >= 0.3 is 6.18 Å². The first-order chi connectivity index (χ1) is 6.95.